The number of hydrogen-bond donors (Lipinski definition) is 2. The highest BCUT2D eigenvalue weighted by Crippen LogP contribution is 2.15. The van der Waals surface area contributed by atoms with Gasteiger partial charge in [-0.2, -0.15) is 5.10 Å². The Morgan fingerprint density at radius 2 is 2.20 bits per heavy atom. The van der Waals surface area contributed by atoms with Crippen LogP contribution in [-0.2, 0) is 16.1 Å². The van der Waals surface area contributed by atoms with Crippen molar-refractivity contribution in [1.82, 2.24) is 15.1 Å². The molecule has 116 valence electrons. The second-order valence-electron chi connectivity index (χ2n) is 4.63. The van der Waals surface area contributed by atoms with Gasteiger partial charge in [-0.1, -0.05) is 0 Å². The molecule has 0 saturated carbocycles. The van der Waals surface area contributed by atoms with Gasteiger partial charge in [-0.3, -0.25) is 9.48 Å². The van der Waals surface area contributed by atoms with Crippen molar-refractivity contribution in [3.05, 3.63) is 12.4 Å². The number of anilines is 1. The minimum absolute atomic E-state index is 0. The molecule has 1 aromatic rings. The second kappa shape index (κ2) is 9.99. The third kappa shape index (κ3) is 6.09. The Balaban J connectivity index is 0.00000180. The maximum absolute atomic E-state index is 11.3. The molecule has 6 nitrogen and oxygen atoms in total. The first-order valence-corrected chi connectivity index (χ1v) is 6.30. The molecule has 0 radical (unpaired) electrons. The summed E-state index contributed by atoms with van der Waals surface area (Å²) in [6, 6.07) is 0. The van der Waals surface area contributed by atoms with Gasteiger partial charge in [0.25, 0.3) is 0 Å². The van der Waals surface area contributed by atoms with Crippen LogP contribution in [0.4, 0.5) is 5.69 Å². The number of nitrogens with one attached hydrogen (secondary N) is 2. The average Bonchev–Trinajstić information content (AvgIpc) is 2.78. The topological polar surface area (TPSA) is 68.2 Å². The van der Waals surface area contributed by atoms with E-state index >= 15 is 0 Å². The van der Waals surface area contributed by atoms with Gasteiger partial charge in [-0.25, -0.2) is 0 Å². The van der Waals surface area contributed by atoms with Gasteiger partial charge < -0.3 is 15.4 Å². The number of hydrogen-bond acceptors (Lipinski definition) is 4. The minimum atomic E-state index is -0.154. The highest BCUT2D eigenvalue weighted by Gasteiger charge is 2.14. The molecule has 1 saturated heterocycles. The molecule has 1 aromatic heterocycles. The average molecular weight is 325 g/mol. The van der Waals surface area contributed by atoms with Gasteiger partial charge >= 0.3 is 0 Å². The maximum atomic E-state index is 11.3. The predicted octanol–water partition coefficient (Wildman–Crippen LogP) is 1.31. The molecular formula is C12H22Cl2N4O2. The van der Waals surface area contributed by atoms with Crippen LogP contribution in [-0.4, -0.2) is 42.5 Å². The Morgan fingerprint density at radius 3 is 2.85 bits per heavy atom. The van der Waals surface area contributed by atoms with Crippen molar-refractivity contribution in [3.63, 3.8) is 0 Å². The number of amides is 1. The third-order valence-electron chi connectivity index (χ3n) is 3.10. The van der Waals surface area contributed by atoms with E-state index in [0.717, 1.165) is 25.3 Å². The number of carbonyl (C=O) groups excluding carboxylic acids is 1. The van der Waals surface area contributed by atoms with E-state index in [9.17, 15) is 4.79 Å². The number of piperidine rings is 1. The minimum Gasteiger partial charge on any atom is -0.375 e. The van der Waals surface area contributed by atoms with Crippen molar-refractivity contribution in [3.8, 4) is 0 Å². The molecule has 0 aliphatic carbocycles. The number of ether oxygens (including phenoxy) is 1. The van der Waals surface area contributed by atoms with Crippen molar-refractivity contribution in [2.45, 2.75) is 19.4 Å². The van der Waals surface area contributed by atoms with Gasteiger partial charge in [0, 0.05) is 19.9 Å². The van der Waals surface area contributed by atoms with Crippen LogP contribution in [0.1, 0.15) is 12.8 Å². The fourth-order valence-electron chi connectivity index (χ4n) is 2.18. The molecule has 0 aromatic carbocycles. The second-order valence-corrected chi connectivity index (χ2v) is 4.63. The monoisotopic (exact) mass is 324 g/mol. The number of aromatic nitrogens is 2. The Bertz CT molecular complexity index is 395. The summed E-state index contributed by atoms with van der Waals surface area (Å²) >= 11 is 0. The highest BCUT2D eigenvalue weighted by atomic mass is 35.5. The van der Waals surface area contributed by atoms with Crippen LogP contribution in [0.2, 0.25) is 0 Å². The van der Waals surface area contributed by atoms with E-state index in [1.165, 1.54) is 20.0 Å². The third-order valence-corrected chi connectivity index (χ3v) is 3.10. The molecule has 1 fully saturated rings. The fraction of sp³-hybridized carbons (Fsp3) is 0.667. The zero-order valence-corrected chi connectivity index (χ0v) is 13.1. The van der Waals surface area contributed by atoms with E-state index in [-0.39, 0.29) is 37.3 Å². The SMILES string of the molecule is COCC(=O)Nc1cnn(CC2CCNCC2)c1.Cl.Cl. The number of rotatable bonds is 5. The molecule has 8 heteroatoms. The molecule has 2 N–H and O–H groups in total. The zero-order chi connectivity index (χ0) is 12.8. The van der Waals surface area contributed by atoms with E-state index in [4.69, 9.17) is 4.74 Å². The van der Waals surface area contributed by atoms with Crippen molar-refractivity contribution in [2.24, 2.45) is 5.92 Å². The molecule has 2 rings (SSSR count). The van der Waals surface area contributed by atoms with Gasteiger partial charge in [0.1, 0.15) is 6.61 Å². The van der Waals surface area contributed by atoms with E-state index in [2.05, 4.69) is 15.7 Å². The standard InChI is InChI=1S/C12H20N4O2.2ClH/c1-18-9-12(17)15-11-6-14-16(8-11)7-10-2-4-13-5-3-10;;/h6,8,10,13H,2-5,7,9H2,1H3,(H,15,17);2*1H. The molecule has 2 heterocycles. The summed E-state index contributed by atoms with van der Waals surface area (Å²) in [6.45, 7) is 3.16. The van der Waals surface area contributed by atoms with Crippen LogP contribution in [0, 0.1) is 5.92 Å². The predicted molar refractivity (Wildman–Crippen MR) is 82.8 cm³/mol. The summed E-state index contributed by atoms with van der Waals surface area (Å²) in [6.07, 6.45) is 5.92. The largest absolute Gasteiger partial charge is 0.375 e. The van der Waals surface area contributed by atoms with E-state index in [1.807, 2.05) is 10.9 Å². The van der Waals surface area contributed by atoms with Gasteiger partial charge in [0.15, 0.2) is 0 Å². The Kier molecular flexibility index (Phi) is 9.58. The zero-order valence-electron chi connectivity index (χ0n) is 11.5. The van der Waals surface area contributed by atoms with Crippen molar-refractivity contribution >= 4 is 36.4 Å². The molecule has 1 aliphatic rings. The Morgan fingerprint density at radius 1 is 1.50 bits per heavy atom. The van der Waals surface area contributed by atoms with Gasteiger partial charge in [0.2, 0.25) is 5.91 Å². The van der Waals surface area contributed by atoms with E-state index in [0.29, 0.717) is 5.92 Å². The van der Waals surface area contributed by atoms with Crippen LogP contribution >= 0.6 is 24.8 Å². The lowest BCUT2D eigenvalue weighted by Gasteiger charge is -2.22. The highest BCUT2D eigenvalue weighted by molar-refractivity contribution is 5.91. The summed E-state index contributed by atoms with van der Waals surface area (Å²) in [5.41, 5.74) is 0.728. The number of methoxy groups -OCH3 is 1. The fourth-order valence-corrected chi connectivity index (χ4v) is 2.18. The van der Waals surface area contributed by atoms with Crippen LogP contribution < -0.4 is 10.6 Å². The summed E-state index contributed by atoms with van der Waals surface area (Å²) in [7, 11) is 1.50. The molecule has 1 aliphatic heterocycles. The summed E-state index contributed by atoms with van der Waals surface area (Å²) in [4.78, 5) is 11.3. The number of halogens is 2. The van der Waals surface area contributed by atoms with E-state index < -0.39 is 0 Å². The quantitative estimate of drug-likeness (QED) is 0.857. The Labute approximate surface area is 131 Å². The summed E-state index contributed by atoms with van der Waals surface area (Å²) < 4.78 is 6.66. The molecule has 0 spiro atoms. The smallest absolute Gasteiger partial charge is 0.250 e. The molecule has 1 amide bonds. The van der Waals surface area contributed by atoms with E-state index in [1.54, 1.807) is 6.20 Å². The van der Waals surface area contributed by atoms with Crippen LogP contribution in [0.5, 0.6) is 0 Å². The van der Waals surface area contributed by atoms with Crippen molar-refractivity contribution in [2.75, 3.05) is 32.1 Å². The molecule has 0 bridgehead atoms. The summed E-state index contributed by atoms with van der Waals surface area (Å²) in [5.74, 6) is 0.521. The lowest BCUT2D eigenvalue weighted by molar-refractivity contribution is -0.119. The normalized spacial score (nSPS) is 15.1. The van der Waals surface area contributed by atoms with Crippen molar-refractivity contribution in [1.29, 1.82) is 0 Å². The molecule has 0 unspecified atom stereocenters. The summed E-state index contributed by atoms with van der Waals surface area (Å²) in [5, 5.41) is 10.4. The van der Waals surface area contributed by atoms with Crippen molar-refractivity contribution < 1.29 is 9.53 Å². The Hall–Kier alpha value is -0.820. The maximum Gasteiger partial charge on any atom is 0.250 e. The van der Waals surface area contributed by atoms with Crippen LogP contribution in [0.3, 0.4) is 0 Å². The first kappa shape index (κ1) is 19.2. The lowest BCUT2D eigenvalue weighted by atomic mass is 9.98. The van der Waals surface area contributed by atoms with Gasteiger partial charge in [-0.15, -0.1) is 24.8 Å². The lowest BCUT2D eigenvalue weighted by Crippen LogP contribution is -2.29. The molecule has 0 atom stereocenters. The number of nitrogens with zero attached hydrogens (tertiary/aromatic N) is 2. The molecule has 20 heavy (non-hydrogen) atoms. The first-order valence-electron chi connectivity index (χ1n) is 6.30. The van der Waals surface area contributed by atoms with Gasteiger partial charge in [-0.05, 0) is 31.8 Å². The molecular weight excluding hydrogens is 303 g/mol. The van der Waals surface area contributed by atoms with Gasteiger partial charge in [0.05, 0.1) is 11.9 Å². The first-order chi connectivity index (χ1) is 8.78. The van der Waals surface area contributed by atoms with Crippen LogP contribution in [0.15, 0.2) is 12.4 Å². The number of carbonyl (C=O) groups is 1. The van der Waals surface area contributed by atoms with Crippen LogP contribution in [0.25, 0.3) is 0 Å².